The lowest BCUT2D eigenvalue weighted by Gasteiger charge is -2.25. The van der Waals surface area contributed by atoms with Gasteiger partial charge >= 0.3 is 0 Å². The molecule has 4 heteroatoms. The van der Waals surface area contributed by atoms with Crippen LogP contribution >= 0.6 is 22.6 Å². The van der Waals surface area contributed by atoms with Crippen molar-refractivity contribution in [1.29, 1.82) is 0 Å². The third-order valence-corrected chi connectivity index (χ3v) is 2.71. The van der Waals surface area contributed by atoms with E-state index in [1.807, 2.05) is 32.0 Å². The highest BCUT2D eigenvalue weighted by atomic mass is 127. The number of carbonyl (C=O) groups excluding carboxylic acids is 1. The van der Waals surface area contributed by atoms with E-state index in [1.165, 1.54) is 0 Å². The van der Waals surface area contributed by atoms with Crippen LogP contribution in [0.2, 0.25) is 0 Å². The van der Waals surface area contributed by atoms with Crippen molar-refractivity contribution in [2.75, 3.05) is 13.7 Å². The van der Waals surface area contributed by atoms with E-state index in [0.29, 0.717) is 12.2 Å². The van der Waals surface area contributed by atoms with Crippen LogP contribution in [-0.4, -0.2) is 25.2 Å². The minimum atomic E-state index is -0.354. The van der Waals surface area contributed by atoms with Crippen molar-refractivity contribution in [3.05, 3.63) is 33.4 Å². The average molecular weight is 333 g/mol. The average Bonchev–Trinajstić information content (AvgIpc) is 2.16. The molecule has 1 rings (SSSR count). The standard InChI is InChI=1S/C12H16INO2/c1-12(2,8-16-3)14-11(15)9-5-4-6-10(13)7-9/h4-7H,8H2,1-3H3,(H,14,15). The van der Waals surface area contributed by atoms with Crippen LogP contribution in [0.5, 0.6) is 0 Å². The number of rotatable bonds is 4. The van der Waals surface area contributed by atoms with Gasteiger partial charge in [-0.2, -0.15) is 0 Å². The molecule has 0 fully saturated rings. The maximum atomic E-state index is 11.9. The quantitative estimate of drug-likeness (QED) is 0.860. The van der Waals surface area contributed by atoms with Crippen LogP contribution in [0.1, 0.15) is 24.2 Å². The molecule has 0 aromatic heterocycles. The Morgan fingerprint density at radius 2 is 2.19 bits per heavy atom. The van der Waals surface area contributed by atoms with E-state index in [1.54, 1.807) is 13.2 Å². The second kappa shape index (κ2) is 5.63. The second-order valence-corrected chi connectivity index (χ2v) is 5.53. The molecule has 0 saturated heterocycles. The number of methoxy groups -OCH3 is 1. The Hall–Kier alpha value is -0.620. The zero-order chi connectivity index (χ0) is 12.2. The van der Waals surface area contributed by atoms with Crippen molar-refractivity contribution >= 4 is 28.5 Å². The summed E-state index contributed by atoms with van der Waals surface area (Å²) >= 11 is 2.19. The molecule has 0 aliphatic carbocycles. The van der Waals surface area contributed by atoms with Crippen molar-refractivity contribution in [3.63, 3.8) is 0 Å². The Kier molecular flexibility index (Phi) is 4.73. The highest BCUT2D eigenvalue weighted by Gasteiger charge is 2.20. The third kappa shape index (κ3) is 4.09. The molecule has 0 heterocycles. The number of hydrogen-bond acceptors (Lipinski definition) is 2. The van der Waals surface area contributed by atoms with E-state index < -0.39 is 0 Å². The minimum Gasteiger partial charge on any atom is -0.382 e. The Bertz CT molecular complexity index is 377. The molecular formula is C12H16INO2. The molecule has 0 atom stereocenters. The second-order valence-electron chi connectivity index (χ2n) is 4.28. The van der Waals surface area contributed by atoms with Gasteiger partial charge in [0.25, 0.3) is 5.91 Å². The van der Waals surface area contributed by atoms with E-state index in [9.17, 15) is 4.79 Å². The molecule has 0 aliphatic heterocycles. The van der Waals surface area contributed by atoms with Gasteiger partial charge in [-0.1, -0.05) is 6.07 Å². The van der Waals surface area contributed by atoms with Crippen molar-refractivity contribution in [1.82, 2.24) is 5.32 Å². The summed E-state index contributed by atoms with van der Waals surface area (Å²) in [7, 11) is 1.62. The van der Waals surface area contributed by atoms with E-state index in [4.69, 9.17) is 4.74 Å². The zero-order valence-corrected chi connectivity index (χ0v) is 11.9. The van der Waals surface area contributed by atoms with E-state index in [-0.39, 0.29) is 11.4 Å². The predicted molar refractivity (Wildman–Crippen MR) is 72.6 cm³/mol. The smallest absolute Gasteiger partial charge is 0.251 e. The molecule has 16 heavy (non-hydrogen) atoms. The number of ether oxygens (including phenoxy) is 1. The monoisotopic (exact) mass is 333 g/mol. The van der Waals surface area contributed by atoms with Gasteiger partial charge in [0.15, 0.2) is 0 Å². The molecule has 0 bridgehead atoms. The molecular weight excluding hydrogens is 317 g/mol. The first-order valence-electron chi connectivity index (χ1n) is 5.01. The number of amides is 1. The van der Waals surface area contributed by atoms with Crippen LogP contribution in [0.15, 0.2) is 24.3 Å². The van der Waals surface area contributed by atoms with E-state index >= 15 is 0 Å². The number of carbonyl (C=O) groups is 1. The fraction of sp³-hybridized carbons (Fsp3) is 0.417. The largest absolute Gasteiger partial charge is 0.382 e. The number of hydrogen-bond donors (Lipinski definition) is 1. The lowest BCUT2D eigenvalue weighted by Crippen LogP contribution is -2.46. The van der Waals surface area contributed by atoms with Gasteiger partial charge in [0, 0.05) is 16.2 Å². The number of nitrogens with one attached hydrogen (secondary N) is 1. The molecule has 0 aliphatic rings. The zero-order valence-electron chi connectivity index (χ0n) is 9.71. The Labute approximate surface area is 110 Å². The molecule has 0 saturated carbocycles. The molecule has 3 nitrogen and oxygen atoms in total. The topological polar surface area (TPSA) is 38.3 Å². The first kappa shape index (κ1) is 13.4. The molecule has 1 amide bonds. The van der Waals surface area contributed by atoms with Crippen LogP contribution in [0.3, 0.4) is 0 Å². The first-order chi connectivity index (χ1) is 7.44. The molecule has 0 unspecified atom stereocenters. The maximum Gasteiger partial charge on any atom is 0.251 e. The van der Waals surface area contributed by atoms with Gasteiger partial charge < -0.3 is 10.1 Å². The van der Waals surface area contributed by atoms with Crippen LogP contribution < -0.4 is 5.32 Å². The molecule has 1 N–H and O–H groups in total. The van der Waals surface area contributed by atoms with Gasteiger partial charge in [-0.25, -0.2) is 0 Å². The highest BCUT2D eigenvalue weighted by molar-refractivity contribution is 14.1. The summed E-state index contributed by atoms with van der Waals surface area (Å²) in [5, 5.41) is 2.93. The minimum absolute atomic E-state index is 0.0689. The lowest BCUT2D eigenvalue weighted by atomic mass is 10.1. The summed E-state index contributed by atoms with van der Waals surface area (Å²) in [6.45, 7) is 4.35. The fourth-order valence-electron chi connectivity index (χ4n) is 1.41. The van der Waals surface area contributed by atoms with Gasteiger partial charge in [-0.15, -0.1) is 0 Å². The Morgan fingerprint density at radius 3 is 2.75 bits per heavy atom. The van der Waals surface area contributed by atoms with Crippen LogP contribution in [0.25, 0.3) is 0 Å². The Morgan fingerprint density at radius 1 is 1.50 bits per heavy atom. The van der Waals surface area contributed by atoms with Gasteiger partial charge in [0.05, 0.1) is 12.1 Å². The third-order valence-electron chi connectivity index (χ3n) is 2.04. The van der Waals surface area contributed by atoms with Gasteiger partial charge in [0.1, 0.15) is 0 Å². The summed E-state index contributed by atoms with van der Waals surface area (Å²) in [5.41, 5.74) is 0.323. The summed E-state index contributed by atoms with van der Waals surface area (Å²) < 4.78 is 6.10. The van der Waals surface area contributed by atoms with Gasteiger partial charge in [0.2, 0.25) is 0 Å². The molecule has 0 spiro atoms. The fourth-order valence-corrected chi connectivity index (χ4v) is 1.95. The summed E-state index contributed by atoms with van der Waals surface area (Å²) in [5.74, 6) is -0.0689. The van der Waals surface area contributed by atoms with Crippen molar-refractivity contribution in [2.24, 2.45) is 0 Å². The molecule has 1 aromatic carbocycles. The predicted octanol–water partition coefficient (Wildman–Crippen LogP) is 2.45. The molecule has 88 valence electrons. The van der Waals surface area contributed by atoms with Gasteiger partial charge in [-0.3, -0.25) is 4.79 Å². The summed E-state index contributed by atoms with van der Waals surface area (Å²) in [4.78, 5) is 11.9. The summed E-state index contributed by atoms with van der Waals surface area (Å²) in [6.07, 6.45) is 0. The normalized spacial score (nSPS) is 11.2. The van der Waals surface area contributed by atoms with Gasteiger partial charge in [-0.05, 0) is 54.6 Å². The van der Waals surface area contributed by atoms with E-state index in [0.717, 1.165) is 3.57 Å². The van der Waals surface area contributed by atoms with Crippen molar-refractivity contribution in [3.8, 4) is 0 Å². The molecule has 0 radical (unpaired) electrons. The van der Waals surface area contributed by atoms with Crippen molar-refractivity contribution in [2.45, 2.75) is 19.4 Å². The van der Waals surface area contributed by atoms with Crippen LogP contribution in [0, 0.1) is 3.57 Å². The van der Waals surface area contributed by atoms with Crippen LogP contribution in [-0.2, 0) is 4.74 Å². The maximum absolute atomic E-state index is 11.9. The molecule has 1 aromatic rings. The number of halogens is 1. The Balaban J connectivity index is 2.72. The first-order valence-corrected chi connectivity index (χ1v) is 6.09. The summed E-state index contributed by atoms with van der Waals surface area (Å²) in [6, 6.07) is 7.50. The number of benzene rings is 1. The van der Waals surface area contributed by atoms with E-state index in [2.05, 4.69) is 27.9 Å². The van der Waals surface area contributed by atoms with Crippen LogP contribution in [0.4, 0.5) is 0 Å². The lowest BCUT2D eigenvalue weighted by molar-refractivity contribution is 0.0820. The highest BCUT2D eigenvalue weighted by Crippen LogP contribution is 2.10. The SMILES string of the molecule is COCC(C)(C)NC(=O)c1cccc(I)c1. The van der Waals surface area contributed by atoms with Crippen molar-refractivity contribution < 1.29 is 9.53 Å².